The third-order valence-electron chi connectivity index (χ3n) is 6.80. The minimum absolute atomic E-state index is 0.109. The number of nitrogens with one attached hydrogen (secondary N) is 2. The van der Waals surface area contributed by atoms with E-state index >= 15 is 0 Å². The summed E-state index contributed by atoms with van der Waals surface area (Å²) in [6.45, 7) is 4.34. The topological polar surface area (TPSA) is 62.2 Å². The first-order chi connectivity index (χ1) is 18.3. The number of hydrogen-bond donors (Lipinski definition) is 2. The number of hydrogen-bond acceptors (Lipinski definition) is 3. The largest absolute Gasteiger partial charge is 0.352 e. The summed E-state index contributed by atoms with van der Waals surface area (Å²) in [7, 11) is 0. The minimum atomic E-state index is -0.486. The summed E-state index contributed by atoms with van der Waals surface area (Å²) in [5, 5.41) is 6.55. The van der Waals surface area contributed by atoms with Crippen LogP contribution < -0.4 is 10.6 Å². The van der Waals surface area contributed by atoms with Crippen LogP contribution in [0.1, 0.15) is 41.1 Å². The van der Waals surface area contributed by atoms with Gasteiger partial charge in [0, 0.05) is 36.2 Å². The van der Waals surface area contributed by atoms with Gasteiger partial charge in [-0.2, -0.15) is 0 Å². The molecule has 1 aliphatic heterocycles. The molecule has 1 amide bonds. The van der Waals surface area contributed by atoms with Crippen molar-refractivity contribution in [3.05, 3.63) is 113 Å². The Morgan fingerprint density at radius 2 is 1.79 bits per heavy atom. The van der Waals surface area contributed by atoms with Gasteiger partial charge in [0.25, 0.3) is 0 Å². The fourth-order valence-corrected chi connectivity index (χ4v) is 5.39. The second-order valence-electron chi connectivity index (χ2n) is 9.24. The van der Waals surface area contributed by atoms with Crippen LogP contribution in [0.3, 0.4) is 0 Å². The summed E-state index contributed by atoms with van der Waals surface area (Å²) in [5.41, 5.74) is 4.80. The van der Waals surface area contributed by atoms with E-state index in [0.717, 1.165) is 28.3 Å². The molecule has 5 rings (SSSR count). The summed E-state index contributed by atoms with van der Waals surface area (Å²) in [6.07, 6.45) is 1.85. The molecule has 194 valence electrons. The molecule has 2 aromatic carbocycles. The Balaban J connectivity index is 1.47. The molecule has 2 N–H and O–H groups in total. The summed E-state index contributed by atoms with van der Waals surface area (Å²) < 4.78 is 29.7. The number of carbonyl (C=O) groups excluding carboxylic acids is 1. The molecule has 38 heavy (non-hydrogen) atoms. The highest BCUT2D eigenvalue weighted by Gasteiger charge is 2.41. The van der Waals surface area contributed by atoms with Gasteiger partial charge in [0.05, 0.1) is 23.5 Å². The van der Waals surface area contributed by atoms with Crippen molar-refractivity contribution in [2.45, 2.75) is 32.4 Å². The number of rotatable bonds is 7. The Bertz CT molecular complexity index is 1470. The number of aryl methyl sites for hydroxylation is 1. The molecule has 1 saturated heterocycles. The van der Waals surface area contributed by atoms with Gasteiger partial charge in [-0.1, -0.05) is 18.2 Å². The number of nitrogens with zero attached hydrogens (tertiary/aromatic N) is 3. The van der Waals surface area contributed by atoms with Gasteiger partial charge in [-0.15, -0.1) is 0 Å². The lowest BCUT2D eigenvalue weighted by Crippen LogP contribution is -2.33. The van der Waals surface area contributed by atoms with Crippen molar-refractivity contribution in [2.75, 3.05) is 11.9 Å². The molecule has 0 unspecified atom stereocenters. The molecule has 0 aliphatic carbocycles. The average Bonchev–Trinajstić information content (AvgIpc) is 3.39. The first kappa shape index (κ1) is 25.5. The monoisotopic (exact) mass is 531 g/mol. The van der Waals surface area contributed by atoms with E-state index in [9.17, 15) is 13.6 Å². The van der Waals surface area contributed by atoms with Crippen molar-refractivity contribution in [3.63, 3.8) is 0 Å². The lowest BCUT2D eigenvalue weighted by Gasteiger charge is -2.28. The molecule has 2 atom stereocenters. The molecule has 9 heteroatoms. The Morgan fingerprint density at radius 3 is 2.50 bits per heavy atom. The molecular weight excluding hydrogens is 504 g/mol. The van der Waals surface area contributed by atoms with Crippen LogP contribution in [-0.4, -0.2) is 32.0 Å². The van der Waals surface area contributed by atoms with E-state index in [2.05, 4.69) is 26.3 Å². The summed E-state index contributed by atoms with van der Waals surface area (Å²) in [5.74, 6) is -1.09. The molecule has 1 fully saturated rings. The van der Waals surface area contributed by atoms with Crippen LogP contribution in [0, 0.1) is 25.5 Å². The molecule has 2 aromatic heterocycles. The van der Waals surface area contributed by atoms with Crippen molar-refractivity contribution in [3.8, 4) is 5.69 Å². The Morgan fingerprint density at radius 1 is 1.05 bits per heavy atom. The molecule has 0 radical (unpaired) electrons. The zero-order chi connectivity index (χ0) is 26.8. The number of thiocarbonyl (C=S) groups is 1. The summed E-state index contributed by atoms with van der Waals surface area (Å²) in [6, 6.07) is 19.8. The normalized spacial score (nSPS) is 16.9. The second kappa shape index (κ2) is 10.7. The summed E-state index contributed by atoms with van der Waals surface area (Å²) in [4.78, 5) is 19.3. The Kier molecular flexibility index (Phi) is 7.20. The zero-order valence-electron chi connectivity index (χ0n) is 21.0. The lowest BCUT2D eigenvalue weighted by molar-refractivity contribution is -0.116. The van der Waals surface area contributed by atoms with Crippen LogP contribution in [0.2, 0.25) is 0 Å². The van der Waals surface area contributed by atoms with E-state index in [1.807, 2.05) is 36.9 Å². The van der Waals surface area contributed by atoms with E-state index in [0.29, 0.717) is 11.7 Å². The highest BCUT2D eigenvalue weighted by Crippen LogP contribution is 2.41. The van der Waals surface area contributed by atoms with Gasteiger partial charge in [-0.05, 0) is 86.2 Å². The minimum Gasteiger partial charge on any atom is -0.352 e. The van der Waals surface area contributed by atoms with Crippen molar-refractivity contribution < 1.29 is 13.6 Å². The molecular formula is C29H27F2N5OS. The molecule has 0 bridgehead atoms. The van der Waals surface area contributed by atoms with E-state index < -0.39 is 5.82 Å². The predicted molar refractivity (Wildman–Crippen MR) is 147 cm³/mol. The maximum atomic E-state index is 14.0. The van der Waals surface area contributed by atoms with E-state index in [4.69, 9.17) is 12.2 Å². The first-order valence-corrected chi connectivity index (χ1v) is 12.7. The third kappa shape index (κ3) is 5.02. The van der Waals surface area contributed by atoms with Gasteiger partial charge in [-0.3, -0.25) is 9.78 Å². The predicted octanol–water partition coefficient (Wildman–Crippen LogP) is 5.77. The molecule has 0 spiro atoms. The highest BCUT2D eigenvalue weighted by atomic mass is 32.1. The van der Waals surface area contributed by atoms with Crippen molar-refractivity contribution in [2.24, 2.45) is 0 Å². The van der Waals surface area contributed by atoms with Gasteiger partial charge >= 0.3 is 0 Å². The smallest absolute Gasteiger partial charge is 0.226 e. The number of halogens is 2. The van der Waals surface area contributed by atoms with Gasteiger partial charge in [-0.25, -0.2) is 8.78 Å². The SMILES string of the molecule is Cc1cc([C@@H]2[C@@H](c3ccccn3)NC(=S)N2CCC(=O)Nc2ccccc2F)c(C)n1-c1ccc(F)cc1. The van der Waals surface area contributed by atoms with Gasteiger partial charge in [0.2, 0.25) is 5.91 Å². The van der Waals surface area contributed by atoms with Crippen LogP contribution in [0.25, 0.3) is 5.69 Å². The van der Waals surface area contributed by atoms with Crippen LogP contribution in [0.4, 0.5) is 14.5 Å². The maximum absolute atomic E-state index is 14.0. The number of carbonyl (C=O) groups is 1. The highest BCUT2D eigenvalue weighted by molar-refractivity contribution is 7.80. The zero-order valence-corrected chi connectivity index (χ0v) is 21.8. The van der Waals surface area contributed by atoms with E-state index in [1.54, 1.807) is 30.5 Å². The molecule has 3 heterocycles. The van der Waals surface area contributed by atoms with Crippen LogP contribution in [0.5, 0.6) is 0 Å². The van der Waals surface area contributed by atoms with Crippen molar-refractivity contribution in [1.82, 2.24) is 19.8 Å². The van der Waals surface area contributed by atoms with Crippen molar-refractivity contribution >= 4 is 28.9 Å². The fraction of sp³-hybridized carbons (Fsp3) is 0.207. The quantitative estimate of drug-likeness (QED) is 0.297. The number of amides is 1. The van der Waals surface area contributed by atoms with Crippen LogP contribution in [0.15, 0.2) is 79.0 Å². The van der Waals surface area contributed by atoms with Crippen LogP contribution in [-0.2, 0) is 4.79 Å². The lowest BCUT2D eigenvalue weighted by atomic mass is 9.96. The van der Waals surface area contributed by atoms with Gasteiger partial charge in [0.15, 0.2) is 5.11 Å². The number of para-hydroxylation sites is 1. The summed E-state index contributed by atoms with van der Waals surface area (Å²) >= 11 is 5.73. The molecule has 4 aromatic rings. The standard InChI is InChI=1S/C29H27F2N5OS/c1-18-17-22(19(2)36(18)21-12-10-20(30)11-13-21)28-27(25-9-5-6-15-32-25)34-29(38)35(28)16-14-26(37)33-24-8-4-3-7-23(24)31/h3-13,15,17,27-28H,14,16H2,1-2H3,(H,33,37)(H,34,38)/t27-,28-/m1/s1. The third-order valence-corrected chi connectivity index (χ3v) is 7.15. The number of benzene rings is 2. The Hall–Kier alpha value is -4.11. The maximum Gasteiger partial charge on any atom is 0.226 e. The van der Waals surface area contributed by atoms with Crippen molar-refractivity contribution in [1.29, 1.82) is 0 Å². The fourth-order valence-electron chi connectivity index (χ4n) is 5.06. The second-order valence-corrected chi connectivity index (χ2v) is 9.62. The van der Waals surface area contributed by atoms with E-state index in [-0.39, 0.29) is 35.9 Å². The van der Waals surface area contributed by atoms with Crippen LogP contribution >= 0.6 is 12.2 Å². The van der Waals surface area contributed by atoms with E-state index in [1.165, 1.54) is 24.3 Å². The number of aromatic nitrogens is 2. The number of pyridine rings is 1. The number of anilines is 1. The van der Waals surface area contributed by atoms with Gasteiger partial charge < -0.3 is 20.1 Å². The molecule has 1 aliphatic rings. The molecule has 0 saturated carbocycles. The average molecular weight is 532 g/mol. The molecule has 6 nitrogen and oxygen atoms in total. The first-order valence-electron chi connectivity index (χ1n) is 12.3. The van der Waals surface area contributed by atoms with Gasteiger partial charge in [0.1, 0.15) is 11.6 Å². The Labute approximate surface area is 225 Å².